The van der Waals surface area contributed by atoms with E-state index in [0.717, 1.165) is 13.2 Å². The van der Waals surface area contributed by atoms with Crippen molar-refractivity contribution in [3.63, 3.8) is 0 Å². The van der Waals surface area contributed by atoms with Gasteiger partial charge in [0.25, 0.3) is 0 Å². The van der Waals surface area contributed by atoms with Gasteiger partial charge in [0.2, 0.25) is 0 Å². The van der Waals surface area contributed by atoms with E-state index < -0.39 is 9.12 Å². The first kappa shape index (κ1) is 15.1. The maximum Gasteiger partial charge on any atom is 0.188 e. The van der Waals surface area contributed by atoms with Crippen LogP contribution in [0.2, 0.25) is 6.04 Å². The molecule has 92 valence electrons. The second kappa shape index (κ2) is 10.6. The fourth-order valence-corrected chi connectivity index (χ4v) is 4.67. The van der Waals surface area contributed by atoms with Gasteiger partial charge in [-0.1, -0.05) is 40.5 Å². The highest BCUT2D eigenvalue weighted by molar-refractivity contribution is 6.52. The van der Waals surface area contributed by atoms with Gasteiger partial charge in [-0.05, 0) is 25.7 Å². The standard InChI is InChI=1S/C11H29N3Si/c1-5-9-10-15(13-11-12-6-2)14(7-3)8-4/h12-13,15H,5-11H2,1-4H3. The molecule has 0 fully saturated rings. The molecule has 4 heteroatoms. The maximum absolute atomic E-state index is 3.71. The summed E-state index contributed by atoms with van der Waals surface area (Å²) in [6.45, 7) is 13.4. The van der Waals surface area contributed by atoms with Gasteiger partial charge in [-0.3, -0.25) is 0 Å². The number of hydrogen-bond donors (Lipinski definition) is 2. The van der Waals surface area contributed by atoms with Gasteiger partial charge in [0.15, 0.2) is 9.12 Å². The van der Waals surface area contributed by atoms with Gasteiger partial charge in [-0.25, -0.2) is 0 Å². The Morgan fingerprint density at radius 2 is 1.73 bits per heavy atom. The van der Waals surface area contributed by atoms with Crippen molar-refractivity contribution in [1.82, 2.24) is 14.9 Å². The summed E-state index contributed by atoms with van der Waals surface area (Å²) >= 11 is 0. The largest absolute Gasteiger partial charge is 0.316 e. The molecule has 0 saturated heterocycles. The zero-order chi connectivity index (χ0) is 11.5. The molecule has 0 aliphatic carbocycles. The summed E-state index contributed by atoms with van der Waals surface area (Å²) in [6, 6.07) is 1.39. The Labute approximate surface area is 97.4 Å². The first-order valence-corrected chi connectivity index (χ1v) is 8.39. The van der Waals surface area contributed by atoms with E-state index in [-0.39, 0.29) is 0 Å². The molecule has 3 nitrogen and oxygen atoms in total. The van der Waals surface area contributed by atoms with Crippen molar-refractivity contribution in [3.8, 4) is 0 Å². The van der Waals surface area contributed by atoms with Gasteiger partial charge in [-0.2, -0.15) is 0 Å². The molecule has 0 aliphatic rings. The summed E-state index contributed by atoms with van der Waals surface area (Å²) in [7, 11) is -0.877. The van der Waals surface area contributed by atoms with Gasteiger partial charge in [-0.15, -0.1) is 0 Å². The molecule has 15 heavy (non-hydrogen) atoms. The van der Waals surface area contributed by atoms with Gasteiger partial charge < -0.3 is 14.9 Å². The van der Waals surface area contributed by atoms with Crippen LogP contribution in [0.5, 0.6) is 0 Å². The minimum absolute atomic E-state index is 0.877. The van der Waals surface area contributed by atoms with Crippen LogP contribution in [-0.2, 0) is 0 Å². The third-order valence-electron chi connectivity index (χ3n) is 2.80. The average molecular weight is 231 g/mol. The first-order chi connectivity index (χ1) is 7.29. The van der Waals surface area contributed by atoms with Crippen LogP contribution in [-0.4, -0.2) is 40.0 Å². The molecule has 0 bridgehead atoms. The van der Waals surface area contributed by atoms with Crippen molar-refractivity contribution in [2.45, 2.75) is 46.6 Å². The van der Waals surface area contributed by atoms with Crippen molar-refractivity contribution in [3.05, 3.63) is 0 Å². The van der Waals surface area contributed by atoms with E-state index in [9.17, 15) is 0 Å². The predicted molar refractivity (Wildman–Crippen MR) is 71.5 cm³/mol. The summed E-state index contributed by atoms with van der Waals surface area (Å²) in [5.74, 6) is 0. The van der Waals surface area contributed by atoms with Crippen LogP contribution in [0.1, 0.15) is 40.5 Å². The number of nitrogens with zero attached hydrogens (tertiary/aromatic N) is 1. The molecular formula is C11H29N3Si. The van der Waals surface area contributed by atoms with Crippen LogP contribution in [0, 0.1) is 0 Å². The van der Waals surface area contributed by atoms with E-state index in [1.165, 1.54) is 32.0 Å². The van der Waals surface area contributed by atoms with E-state index in [1.54, 1.807) is 0 Å². The molecule has 0 aliphatic heterocycles. The lowest BCUT2D eigenvalue weighted by Gasteiger charge is -2.29. The quantitative estimate of drug-likeness (QED) is 0.339. The van der Waals surface area contributed by atoms with E-state index in [0.29, 0.717) is 0 Å². The summed E-state index contributed by atoms with van der Waals surface area (Å²) in [4.78, 5) is 3.71. The lowest BCUT2D eigenvalue weighted by Crippen LogP contribution is -2.52. The third-order valence-corrected chi connectivity index (χ3v) is 6.04. The first-order valence-electron chi connectivity index (χ1n) is 6.48. The van der Waals surface area contributed by atoms with Crippen LogP contribution in [0.4, 0.5) is 0 Å². The van der Waals surface area contributed by atoms with Gasteiger partial charge in [0.05, 0.1) is 0 Å². The molecule has 0 rings (SSSR count). The molecule has 0 amide bonds. The minimum atomic E-state index is -0.877. The second-order valence-corrected chi connectivity index (χ2v) is 6.61. The van der Waals surface area contributed by atoms with E-state index >= 15 is 0 Å². The number of rotatable bonds is 10. The van der Waals surface area contributed by atoms with E-state index in [2.05, 4.69) is 42.6 Å². The van der Waals surface area contributed by atoms with Crippen molar-refractivity contribution < 1.29 is 0 Å². The van der Waals surface area contributed by atoms with Crippen molar-refractivity contribution >= 4 is 9.12 Å². The van der Waals surface area contributed by atoms with Crippen LogP contribution in [0.3, 0.4) is 0 Å². The Bertz CT molecular complexity index is 129. The van der Waals surface area contributed by atoms with Crippen LogP contribution in [0.25, 0.3) is 0 Å². The Morgan fingerprint density at radius 3 is 2.20 bits per heavy atom. The summed E-state index contributed by atoms with van der Waals surface area (Å²) < 4.78 is 2.63. The number of hydrogen-bond acceptors (Lipinski definition) is 3. The monoisotopic (exact) mass is 231 g/mol. The van der Waals surface area contributed by atoms with Crippen LogP contribution < -0.4 is 10.3 Å². The SMILES string of the molecule is CCCC[SiH](NCNCC)N(CC)CC. The fraction of sp³-hybridized carbons (Fsp3) is 1.00. The molecule has 0 spiro atoms. The Morgan fingerprint density at radius 1 is 1.07 bits per heavy atom. The minimum Gasteiger partial charge on any atom is -0.316 e. The smallest absolute Gasteiger partial charge is 0.188 e. The van der Waals surface area contributed by atoms with E-state index in [1.807, 2.05) is 0 Å². The van der Waals surface area contributed by atoms with Crippen molar-refractivity contribution in [2.75, 3.05) is 26.3 Å². The maximum atomic E-state index is 3.71. The summed E-state index contributed by atoms with van der Waals surface area (Å²) in [5.41, 5.74) is 0. The molecule has 0 aromatic carbocycles. The van der Waals surface area contributed by atoms with Crippen LogP contribution >= 0.6 is 0 Å². The summed E-state index contributed by atoms with van der Waals surface area (Å²) in [5, 5.41) is 3.36. The highest BCUT2D eigenvalue weighted by atomic mass is 28.3. The number of unbranched alkanes of at least 4 members (excludes halogenated alkanes) is 1. The topological polar surface area (TPSA) is 27.3 Å². The normalized spacial score (nSPS) is 13.4. The molecule has 0 aromatic heterocycles. The molecule has 2 N–H and O–H groups in total. The zero-order valence-electron chi connectivity index (χ0n) is 11.0. The number of nitrogens with one attached hydrogen (secondary N) is 2. The lowest BCUT2D eigenvalue weighted by molar-refractivity contribution is 0.459. The fourth-order valence-electron chi connectivity index (χ4n) is 1.79. The average Bonchev–Trinajstić information content (AvgIpc) is 2.26. The molecule has 0 heterocycles. The molecule has 0 saturated carbocycles. The third kappa shape index (κ3) is 7.06. The Kier molecular flexibility index (Phi) is 10.7. The van der Waals surface area contributed by atoms with E-state index in [4.69, 9.17) is 0 Å². The highest BCUT2D eigenvalue weighted by Crippen LogP contribution is 2.03. The van der Waals surface area contributed by atoms with Gasteiger partial charge in [0.1, 0.15) is 0 Å². The Hall–Kier alpha value is 0.0969. The summed E-state index contributed by atoms with van der Waals surface area (Å²) in [6.07, 6.45) is 2.68. The molecule has 0 radical (unpaired) electrons. The second-order valence-electron chi connectivity index (χ2n) is 3.86. The molecule has 0 aromatic rings. The lowest BCUT2D eigenvalue weighted by atomic mass is 10.4. The van der Waals surface area contributed by atoms with Gasteiger partial charge in [0, 0.05) is 6.67 Å². The molecular weight excluding hydrogens is 202 g/mol. The van der Waals surface area contributed by atoms with Gasteiger partial charge >= 0.3 is 0 Å². The van der Waals surface area contributed by atoms with Crippen LogP contribution in [0.15, 0.2) is 0 Å². The zero-order valence-corrected chi connectivity index (χ0v) is 12.1. The molecule has 1 atom stereocenters. The molecule has 1 unspecified atom stereocenters. The highest BCUT2D eigenvalue weighted by Gasteiger charge is 2.16. The Balaban J connectivity index is 3.91. The predicted octanol–water partition coefficient (Wildman–Crippen LogP) is 1.51. The van der Waals surface area contributed by atoms with Crippen molar-refractivity contribution in [2.24, 2.45) is 0 Å². The van der Waals surface area contributed by atoms with Crippen molar-refractivity contribution in [1.29, 1.82) is 0 Å².